The summed E-state index contributed by atoms with van der Waals surface area (Å²) >= 11 is 0. The Labute approximate surface area is 167 Å². The maximum Gasteiger partial charge on any atom is 0.407 e. The average Bonchev–Trinajstić information content (AvgIpc) is 3.08. The van der Waals surface area contributed by atoms with Crippen LogP contribution in [0.4, 0.5) is 4.79 Å². The largest absolute Gasteiger partial charge is 0.444 e. The summed E-state index contributed by atoms with van der Waals surface area (Å²) in [6.45, 7) is 10.7. The van der Waals surface area contributed by atoms with Gasteiger partial charge in [-0.15, -0.1) is 0 Å². The molecular weight excluding hydrogens is 360 g/mol. The highest BCUT2D eigenvalue weighted by molar-refractivity contribution is 5.76. The number of nitrogens with zero attached hydrogens (tertiary/aromatic N) is 3. The number of amides is 2. The maximum atomic E-state index is 12.7. The zero-order valence-corrected chi connectivity index (χ0v) is 17.8. The van der Waals surface area contributed by atoms with E-state index in [-0.39, 0.29) is 17.9 Å². The van der Waals surface area contributed by atoms with Crippen LogP contribution in [0.15, 0.2) is 4.52 Å². The van der Waals surface area contributed by atoms with Crippen LogP contribution in [-0.4, -0.2) is 51.8 Å². The molecule has 2 heterocycles. The van der Waals surface area contributed by atoms with Crippen LogP contribution < -0.4 is 5.32 Å². The molecule has 1 aromatic heterocycles. The Kier molecular flexibility index (Phi) is 7.83. The van der Waals surface area contributed by atoms with E-state index in [1.165, 1.54) is 0 Å². The van der Waals surface area contributed by atoms with E-state index >= 15 is 0 Å². The van der Waals surface area contributed by atoms with Crippen LogP contribution in [0.25, 0.3) is 0 Å². The molecule has 1 N–H and O–H groups in total. The molecule has 0 aromatic carbocycles. The minimum absolute atomic E-state index is 0.0183. The lowest BCUT2D eigenvalue weighted by molar-refractivity contribution is -0.134. The minimum atomic E-state index is -0.531. The summed E-state index contributed by atoms with van der Waals surface area (Å²) in [5.74, 6) is 1.62. The van der Waals surface area contributed by atoms with Gasteiger partial charge in [-0.1, -0.05) is 19.0 Å². The van der Waals surface area contributed by atoms with Crippen molar-refractivity contribution in [3.8, 4) is 0 Å². The molecule has 1 fully saturated rings. The average molecular weight is 395 g/mol. The number of hydrogen-bond acceptors (Lipinski definition) is 6. The van der Waals surface area contributed by atoms with Crippen molar-refractivity contribution in [2.45, 2.75) is 90.7 Å². The van der Waals surface area contributed by atoms with Gasteiger partial charge in [-0.2, -0.15) is 4.98 Å². The molecule has 0 aliphatic carbocycles. The van der Waals surface area contributed by atoms with E-state index in [9.17, 15) is 9.59 Å². The first kappa shape index (κ1) is 22.2. The van der Waals surface area contributed by atoms with E-state index in [1.54, 1.807) is 0 Å². The van der Waals surface area contributed by atoms with E-state index in [4.69, 9.17) is 9.26 Å². The monoisotopic (exact) mass is 394 g/mol. The summed E-state index contributed by atoms with van der Waals surface area (Å²) < 4.78 is 10.5. The lowest BCUT2D eigenvalue weighted by atomic mass is 10.0. The predicted octanol–water partition coefficient (Wildman–Crippen LogP) is 3.42. The second-order valence-corrected chi connectivity index (χ2v) is 8.67. The van der Waals surface area contributed by atoms with Crippen LogP contribution in [0, 0.1) is 0 Å². The number of piperidine rings is 1. The first-order chi connectivity index (χ1) is 13.2. The molecule has 2 amide bonds. The molecular formula is C20H34N4O4. The second kappa shape index (κ2) is 9.89. The fourth-order valence-corrected chi connectivity index (χ4v) is 3.19. The van der Waals surface area contributed by atoms with Crippen LogP contribution in [0.2, 0.25) is 0 Å². The quantitative estimate of drug-likeness (QED) is 0.761. The van der Waals surface area contributed by atoms with Crippen molar-refractivity contribution in [1.29, 1.82) is 0 Å². The summed E-state index contributed by atoms with van der Waals surface area (Å²) in [7, 11) is 0. The van der Waals surface area contributed by atoms with Crippen LogP contribution in [-0.2, 0) is 16.0 Å². The van der Waals surface area contributed by atoms with E-state index in [0.717, 1.165) is 25.8 Å². The Balaban J connectivity index is 1.79. The van der Waals surface area contributed by atoms with Gasteiger partial charge in [0.15, 0.2) is 5.82 Å². The number of alkyl carbamates (subject to hydrolysis) is 1. The van der Waals surface area contributed by atoms with E-state index in [1.807, 2.05) is 39.5 Å². The molecule has 1 aliphatic heterocycles. The van der Waals surface area contributed by atoms with E-state index < -0.39 is 11.7 Å². The van der Waals surface area contributed by atoms with Gasteiger partial charge in [0.1, 0.15) is 5.60 Å². The molecule has 2 rings (SSSR count). The number of aryl methyl sites for hydroxylation is 1. The van der Waals surface area contributed by atoms with Gasteiger partial charge < -0.3 is 19.5 Å². The minimum Gasteiger partial charge on any atom is -0.444 e. The predicted molar refractivity (Wildman–Crippen MR) is 105 cm³/mol. The topological polar surface area (TPSA) is 97.6 Å². The lowest BCUT2D eigenvalue weighted by Crippen LogP contribution is -2.49. The van der Waals surface area contributed by atoms with Crippen LogP contribution in [0.1, 0.15) is 84.4 Å². The molecule has 1 saturated heterocycles. The number of hydrogen-bond donors (Lipinski definition) is 1. The normalized spacial score (nSPS) is 17.6. The maximum absolute atomic E-state index is 12.7. The molecule has 1 aromatic rings. The van der Waals surface area contributed by atoms with Gasteiger partial charge in [0.05, 0.1) is 0 Å². The molecule has 8 nitrogen and oxygen atoms in total. The van der Waals surface area contributed by atoms with Gasteiger partial charge in [-0.25, -0.2) is 4.79 Å². The Bertz CT molecular complexity index is 651. The van der Waals surface area contributed by atoms with Crippen LogP contribution in [0.3, 0.4) is 0 Å². The van der Waals surface area contributed by atoms with Crippen molar-refractivity contribution in [3.05, 3.63) is 11.7 Å². The van der Waals surface area contributed by atoms with Gasteiger partial charge in [0.2, 0.25) is 11.8 Å². The Morgan fingerprint density at radius 3 is 2.71 bits per heavy atom. The van der Waals surface area contributed by atoms with Crippen molar-refractivity contribution in [2.24, 2.45) is 0 Å². The highest BCUT2D eigenvalue weighted by atomic mass is 16.6. The molecule has 8 heteroatoms. The van der Waals surface area contributed by atoms with Gasteiger partial charge in [-0.3, -0.25) is 4.79 Å². The Morgan fingerprint density at radius 1 is 1.32 bits per heavy atom. The highest BCUT2D eigenvalue weighted by Crippen LogP contribution is 2.19. The van der Waals surface area contributed by atoms with Crippen molar-refractivity contribution in [1.82, 2.24) is 20.4 Å². The molecule has 1 atom stereocenters. The molecule has 0 radical (unpaired) electrons. The van der Waals surface area contributed by atoms with Gasteiger partial charge in [0, 0.05) is 37.9 Å². The zero-order valence-electron chi connectivity index (χ0n) is 17.8. The van der Waals surface area contributed by atoms with Gasteiger partial charge in [-0.05, 0) is 46.5 Å². The molecule has 0 saturated carbocycles. The lowest BCUT2D eigenvalue weighted by Gasteiger charge is -2.36. The fourth-order valence-electron chi connectivity index (χ4n) is 3.19. The third-order valence-electron chi connectivity index (χ3n) is 4.61. The van der Waals surface area contributed by atoms with Crippen molar-refractivity contribution < 1.29 is 18.8 Å². The zero-order chi connectivity index (χ0) is 20.7. The van der Waals surface area contributed by atoms with Crippen molar-refractivity contribution in [2.75, 3.05) is 13.1 Å². The second-order valence-electron chi connectivity index (χ2n) is 8.67. The molecule has 1 aliphatic rings. The molecule has 0 bridgehead atoms. The Hall–Kier alpha value is -2.12. The number of likely N-dealkylation sites (tertiary alicyclic amines) is 1. The highest BCUT2D eigenvalue weighted by Gasteiger charge is 2.27. The number of ether oxygens (including phenoxy) is 1. The summed E-state index contributed by atoms with van der Waals surface area (Å²) in [5.41, 5.74) is -0.531. The SMILES string of the molecule is CC(C)c1noc(CCCC(=O)N2CCCCC2CNC(=O)OC(C)(C)C)n1. The molecule has 28 heavy (non-hydrogen) atoms. The summed E-state index contributed by atoms with van der Waals surface area (Å²) in [6.07, 6.45) is 4.20. The number of carbonyl (C=O) groups is 2. The third-order valence-corrected chi connectivity index (χ3v) is 4.61. The smallest absolute Gasteiger partial charge is 0.407 e. The van der Waals surface area contributed by atoms with Gasteiger partial charge >= 0.3 is 6.09 Å². The summed E-state index contributed by atoms with van der Waals surface area (Å²) in [5, 5.41) is 6.75. The van der Waals surface area contributed by atoms with Crippen LogP contribution >= 0.6 is 0 Å². The summed E-state index contributed by atoms with van der Waals surface area (Å²) in [6, 6.07) is 0.0183. The molecule has 0 spiro atoms. The number of rotatable bonds is 7. The first-order valence-electron chi connectivity index (χ1n) is 10.2. The van der Waals surface area contributed by atoms with E-state index in [2.05, 4.69) is 15.5 Å². The van der Waals surface area contributed by atoms with Crippen molar-refractivity contribution >= 4 is 12.0 Å². The van der Waals surface area contributed by atoms with Crippen LogP contribution in [0.5, 0.6) is 0 Å². The summed E-state index contributed by atoms with van der Waals surface area (Å²) in [4.78, 5) is 30.8. The third kappa shape index (κ3) is 7.13. The number of aromatic nitrogens is 2. The van der Waals surface area contributed by atoms with Crippen molar-refractivity contribution in [3.63, 3.8) is 0 Å². The fraction of sp³-hybridized carbons (Fsp3) is 0.800. The standard InChI is InChI=1S/C20H34N4O4/c1-14(2)18-22-16(28-23-18)10-8-11-17(25)24-12-7-6-9-15(24)13-21-19(26)27-20(3,4)5/h14-15H,6-13H2,1-5H3,(H,21,26). The number of nitrogens with one attached hydrogen (secondary N) is 1. The molecule has 1 unspecified atom stereocenters. The van der Waals surface area contributed by atoms with Gasteiger partial charge in [0.25, 0.3) is 0 Å². The first-order valence-corrected chi connectivity index (χ1v) is 10.2. The van der Waals surface area contributed by atoms with E-state index in [0.29, 0.717) is 37.5 Å². The number of carbonyl (C=O) groups excluding carboxylic acids is 2. The Morgan fingerprint density at radius 2 is 2.07 bits per heavy atom. The molecule has 158 valence electrons.